The van der Waals surface area contributed by atoms with E-state index in [0.29, 0.717) is 22.9 Å². The van der Waals surface area contributed by atoms with Crippen molar-refractivity contribution in [3.63, 3.8) is 0 Å². The van der Waals surface area contributed by atoms with E-state index in [9.17, 15) is 4.79 Å². The van der Waals surface area contributed by atoms with Crippen LogP contribution in [0.3, 0.4) is 0 Å². The third-order valence-electron chi connectivity index (χ3n) is 2.87. The molecule has 1 heterocycles. The lowest BCUT2D eigenvalue weighted by Gasteiger charge is -2.03. The molecule has 2 N–H and O–H groups in total. The average molecular weight is 294 g/mol. The molecule has 0 spiro atoms. The maximum Gasteiger partial charge on any atom is 0.335 e. The number of carboxylic acid groups (broad SMARTS) is 1. The van der Waals surface area contributed by atoms with Crippen LogP contribution in [0.2, 0.25) is 5.02 Å². The van der Waals surface area contributed by atoms with Gasteiger partial charge in [0.25, 0.3) is 0 Å². The fourth-order valence-electron chi connectivity index (χ4n) is 1.85. The monoisotopic (exact) mass is 293 g/mol. The van der Waals surface area contributed by atoms with E-state index >= 15 is 0 Å². The largest absolute Gasteiger partial charge is 0.478 e. The highest BCUT2D eigenvalue weighted by molar-refractivity contribution is 6.33. The second kappa shape index (κ2) is 6.59. The highest BCUT2D eigenvalue weighted by Gasteiger charge is 2.12. The summed E-state index contributed by atoms with van der Waals surface area (Å²) in [6, 6.07) is 8.23. The zero-order chi connectivity index (χ0) is 14.5. The van der Waals surface area contributed by atoms with Crippen molar-refractivity contribution in [1.29, 1.82) is 0 Å². The molecule has 0 bridgehead atoms. The number of hydrogen-bond acceptors (Lipinski definition) is 3. The Balaban J connectivity index is 2.23. The van der Waals surface area contributed by atoms with Crippen molar-refractivity contribution in [2.45, 2.75) is 19.9 Å². The Morgan fingerprint density at radius 3 is 2.85 bits per heavy atom. The first-order chi connectivity index (χ1) is 9.61. The Morgan fingerprint density at radius 1 is 1.35 bits per heavy atom. The quantitative estimate of drug-likeness (QED) is 0.795. The smallest absolute Gasteiger partial charge is 0.335 e. The van der Waals surface area contributed by atoms with E-state index in [-0.39, 0.29) is 5.56 Å². The number of halogens is 1. The van der Waals surface area contributed by atoms with Crippen LogP contribution in [-0.4, -0.2) is 17.6 Å². The fourth-order valence-corrected chi connectivity index (χ4v) is 2.06. The molecule has 2 rings (SSSR count). The number of benzene rings is 1. The van der Waals surface area contributed by atoms with E-state index in [1.54, 1.807) is 12.1 Å². The van der Waals surface area contributed by atoms with Gasteiger partial charge in [0.1, 0.15) is 11.5 Å². The molecule has 0 amide bonds. The minimum Gasteiger partial charge on any atom is -0.478 e. The van der Waals surface area contributed by atoms with Crippen molar-refractivity contribution in [2.75, 3.05) is 6.54 Å². The summed E-state index contributed by atoms with van der Waals surface area (Å²) in [7, 11) is 0. The summed E-state index contributed by atoms with van der Waals surface area (Å²) in [5.74, 6) is 0.385. The first kappa shape index (κ1) is 14.6. The zero-order valence-corrected chi connectivity index (χ0v) is 11.9. The topological polar surface area (TPSA) is 62.5 Å². The molecule has 0 unspecified atom stereocenters. The van der Waals surface area contributed by atoms with Gasteiger partial charge in [0.2, 0.25) is 0 Å². The molecule has 0 aliphatic carbocycles. The van der Waals surface area contributed by atoms with Gasteiger partial charge in [-0.05, 0) is 43.3 Å². The van der Waals surface area contributed by atoms with Gasteiger partial charge >= 0.3 is 5.97 Å². The summed E-state index contributed by atoms with van der Waals surface area (Å²) in [6.07, 6.45) is 1.06. The Hall–Kier alpha value is -1.78. The van der Waals surface area contributed by atoms with Crippen molar-refractivity contribution >= 4 is 17.6 Å². The first-order valence-corrected chi connectivity index (χ1v) is 6.82. The van der Waals surface area contributed by atoms with Crippen molar-refractivity contribution in [2.24, 2.45) is 0 Å². The van der Waals surface area contributed by atoms with Crippen LogP contribution < -0.4 is 5.32 Å². The SMILES string of the molecule is CCCNCc1ccc(-c2cc(C(=O)O)ccc2Cl)o1. The Kier molecular flexibility index (Phi) is 4.82. The van der Waals surface area contributed by atoms with E-state index < -0.39 is 5.97 Å². The van der Waals surface area contributed by atoms with Gasteiger partial charge < -0.3 is 14.8 Å². The van der Waals surface area contributed by atoms with E-state index in [1.165, 1.54) is 12.1 Å². The van der Waals surface area contributed by atoms with Crippen LogP contribution in [0.1, 0.15) is 29.5 Å². The van der Waals surface area contributed by atoms with Gasteiger partial charge in [-0.3, -0.25) is 0 Å². The Morgan fingerprint density at radius 2 is 2.15 bits per heavy atom. The molecular weight excluding hydrogens is 278 g/mol. The Bertz CT molecular complexity index is 607. The number of carboxylic acids is 1. The second-order valence-electron chi connectivity index (χ2n) is 4.44. The molecular formula is C15H16ClNO3. The van der Waals surface area contributed by atoms with Crippen molar-refractivity contribution in [3.05, 3.63) is 46.7 Å². The summed E-state index contributed by atoms with van der Waals surface area (Å²) >= 11 is 6.10. The summed E-state index contributed by atoms with van der Waals surface area (Å²) in [5.41, 5.74) is 0.778. The maximum atomic E-state index is 11.0. The molecule has 0 saturated carbocycles. The molecule has 106 valence electrons. The first-order valence-electron chi connectivity index (χ1n) is 6.44. The maximum absolute atomic E-state index is 11.0. The van der Waals surface area contributed by atoms with Crippen LogP contribution in [0.5, 0.6) is 0 Å². The van der Waals surface area contributed by atoms with Gasteiger partial charge in [0.05, 0.1) is 17.1 Å². The average Bonchev–Trinajstić information content (AvgIpc) is 2.88. The van der Waals surface area contributed by atoms with Crippen LogP contribution in [0.4, 0.5) is 0 Å². The molecule has 0 atom stereocenters. The summed E-state index contributed by atoms with van der Waals surface area (Å²) in [6.45, 7) is 3.66. The zero-order valence-electron chi connectivity index (χ0n) is 11.1. The molecule has 0 fully saturated rings. The van der Waals surface area contributed by atoms with Gasteiger partial charge in [-0.1, -0.05) is 18.5 Å². The van der Waals surface area contributed by atoms with Gasteiger partial charge in [0, 0.05) is 5.56 Å². The number of hydrogen-bond donors (Lipinski definition) is 2. The molecule has 0 radical (unpaired) electrons. The van der Waals surface area contributed by atoms with Gasteiger partial charge in [-0.2, -0.15) is 0 Å². The molecule has 20 heavy (non-hydrogen) atoms. The molecule has 0 saturated heterocycles. The number of aromatic carboxylic acids is 1. The summed E-state index contributed by atoms with van der Waals surface area (Å²) in [4.78, 5) is 11.0. The summed E-state index contributed by atoms with van der Waals surface area (Å²) < 4.78 is 5.69. The van der Waals surface area contributed by atoms with Crippen LogP contribution in [0.15, 0.2) is 34.7 Å². The Labute approximate surface area is 122 Å². The molecule has 0 aliphatic heterocycles. The standard InChI is InChI=1S/C15H16ClNO3/c1-2-7-17-9-11-4-6-14(20-11)12-8-10(15(18)19)3-5-13(12)16/h3-6,8,17H,2,7,9H2,1H3,(H,18,19). The lowest BCUT2D eigenvalue weighted by molar-refractivity contribution is 0.0697. The van der Waals surface area contributed by atoms with Gasteiger partial charge in [0.15, 0.2) is 0 Å². The number of rotatable bonds is 6. The van der Waals surface area contributed by atoms with Crippen molar-refractivity contribution < 1.29 is 14.3 Å². The lowest BCUT2D eigenvalue weighted by atomic mass is 10.1. The highest BCUT2D eigenvalue weighted by atomic mass is 35.5. The predicted molar refractivity (Wildman–Crippen MR) is 78.1 cm³/mol. The molecule has 1 aromatic heterocycles. The minimum absolute atomic E-state index is 0.187. The molecule has 1 aromatic carbocycles. The van der Waals surface area contributed by atoms with Crippen LogP contribution in [0.25, 0.3) is 11.3 Å². The predicted octanol–water partition coefficient (Wildman–Crippen LogP) is 3.80. The number of nitrogens with one attached hydrogen (secondary N) is 1. The third-order valence-corrected chi connectivity index (χ3v) is 3.20. The number of carbonyl (C=O) groups is 1. The van der Waals surface area contributed by atoms with E-state index in [0.717, 1.165) is 18.7 Å². The molecule has 0 aliphatic rings. The number of furan rings is 1. The molecule has 4 nitrogen and oxygen atoms in total. The van der Waals surface area contributed by atoms with E-state index in [4.69, 9.17) is 21.1 Å². The lowest BCUT2D eigenvalue weighted by Crippen LogP contribution is -2.12. The normalized spacial score (nSPS) is 10.7. The van der Waals surface area contributed by atoms with Gasteiger partial charge in [-0.15, -0.1) is 0 Å². The van der Waals surface area contributed by atoms with Crippen LogP contribution in [-0.2, 0) is 6.54 Å². The molecule has 5 heteroatoms. The third kappa shape index (κ3) is 3.40. The van der Waals surface area contributed by atoms with E-state index in [1.807, 2.05) is 6.07 Å². The van der Waals surface area contributed by atoms with Crippen molar-refractivity contribution in [3.8, 4) is 11.3 Å². The fraction of sp³-hybridized carbons (Fsp3) is 0.267. The second-order valence-corrected chi connectivity index (χ2v) is 4.85. The van der Waals surface area contributed by atoms with Crippen LogP contribution >= 0.6 is 11.6 Å². The minimum atomic E-state index is -0.987. The highest BCUT2D eigenvalue weighted by Crippen LogP contribution is 2.30. The van der Waals surface area contributed by atoms with Gasteiger partial charge in [-0.25, -0.2) is 4.79 Å². The molecule has 2 aromatic rings. The van der Waals surface area contributed by atoms with Crippen molar-refractivity contribution in [1.82, 2.24) is 5.32 Å². The summed E-state index contributed by atoms with van der Waals surface area (Å²) in [5, 5.41) is 12.7. The van der Waals surface area contributed by atoms with E-state index in [2.05, 4.69) is 12.2 Å². The van der Waals surface area contributed by atoms with Crippen LogP contribution in [0, 0.1) is 0 Å².